The molecule has 2 aromatic heterocycles. The van der Waals surface area contributed by atoms with Crippen molar-refractivity contribution in [1.29, 1.82) is 0 Å². The van der Waals surface area contributed by atoms with Crippen LogP contribution in [0.25, 0.3) is 11.3 Å². The first-order valence-electron chi connectivity index (χ1n) is 5.91. The normalized spacial score (nSPS) is 17.4. The second kappa shape index (κ2) is 4.19. The maximum atomic E-state index is 9.54. The van der Waals surface area contributed by atoms with Gasteiger partial charge in [0.05, 0.1) is 30.9 Å². The van der Waals surface area contributed by atoms with E-state index >= 15 is 0 Å². The fraction of sp³-hybridized carbons (Fsp3) is 0.385. The Morgan fingerprint density at radius 3 is 2.83 bits per heavy atom. The van der Waals surface area contributed by atoms with Crippen molar-refractivity contribution in [3.8, 4) is 11.3 Å². The zero-order chi connectivity index (χ0) is 12.6. The van der Waals surface area contributed by atoms with Crippen LogP contribution in [-0.2, 0) is 10.2 Å². The number of aliphatic hydroxyl groups is 1. The number of nitrogens with one attached hydrogen (secondary N) is 1. The van der Waals surface area contributed by atoms with Crippen LogP contribution in [0.5, 0.6) is 0 Å². The van der Waals surface area contributed by atoms with Crippen LogP contribution in [0, 0.1) is 6.92 Å². The Bertz CT molecular complexity index is 542. The Morgan fingerprint density at radius 2 is 2.28 bits per heavy atom. The van der Waals surface area contributed by atoms with Crippen molar-refractivity contribution >= 4 is 0 Å². The van der Waals surface area contributed by atoms with Crippen LogP contribution < -0.4 is 0 Å². The lowest BCUT2D eigenvalue weighted by molar-refractivity contribution is -0.0884. The second-order valence-corrected chi connectivity index (χ2v) is 4.75. The summed E-state index contributed by atoms with van der Waals surface area (Å²) >= 11 is 0. The number of nitrogens with zero attached hydrogens (tertiary/aromatic N) is 2. The molecule has 2 N–H and O–H groups in total. The fourth-order valence-corrected chi connectivity index (χ4v) is 2.08. The molecule has 0 aromatic carbocycles. The molecule has 0 spiro atoms. The lowest BCUT2D eigenvalue weighted by atomic mass is 9.86. The maximum absolute atomic E-state index is 9.54. The van der Waals surface area contributed by atoms with Gasteiger partial charge in [-0.25, -0.2) is 9.97 Å². The molecule has 1 aliphatic rings. The van der Waals surface area contributed by atoms with Crippen molar-refractivity contribution in [3.63, 3.8) is 0 Å². The Kier molecular flexibility index (Phi) is 2.65. The number of hydrogen-bond donors (Lipinski definition) is 2. The first-order valence-corrected chi connectivity index (χ1v) is 5.91. The number of aryl methyl sites for hydroxylation is 1. The summed E-state index contributed by atoms with van der Waals surface area (Å²) in [5, 5.41) is 9.54. The minimum Gasteiger partial charge on any atom is -0.395 e. The van der Waals surface area contributed by atoms with E-state index in [2.05, 4.69) is 15.0 Å². The first-order chi connectivity index (χ1) is 8.73. The van der Waals surface area contributed by atoms with Crippen molar-refractivity contribution < 1.29 is 9.84 Å². The highest BCUT2D eigenvalue weighted by Gasteiger charge is 2.43. The summed E-state index contributed by atoms with van der Waals surface area (Å²) < 4.78 is 5.21. The summed E-state index contributed by atoms with van der Waals surface area (Å²) in [4.78, 5) is 12.0. The van der Waals surface area contributed by atoms with Crippen LogP contribution in [0.1, 0.15) is 11.5 Å². The molecule has 0 bridgehead atoms. The zero-order valence-corrected chi connectivity index (χ0v) is 10.2. The van der Waals surface area contributed by atoms with Gasteiger partial charge in [-0.1, -0.05) is 0 Å². The van der Waals surface area contributed by atoms with Crippen LogP contribution in [0.4, 0.5) is 0 Å². The fourth-order valence-electron chi connectivity index (χ4n) is 2.08. The van der Waals surface area contributed by atoms with Crippen molar-refractivity contribution in [2.24, 2.45) is 0 Å². The Morgan fingerprint density at radius 1 is 1.44 bits per heavy atom. The zero-order valence-electron chi connectivity index (χ0n) is 10.2. The average molecular weight is 245 g/mol. The number of aromatic amines is 1. The third-order valence-electron chi connectivity index (χ3n) is 3.28. The molecule has 1 aliphatic heterocycles. The molecule has 0 unspecified atom stereocenters. The third kappa shape index (κ3) is 1.72. The smallest absolute Gasteiger partial charge is 0.142 e. The Hall–Kier alpha value is -1.72. The van der Waals surface area contributed by atoms with Crippen LogP contribution in [0.3, 0.4) is 0 Å². The molecule has 0 saturated carbocycles. The van der Waals surface area contributed by atoms with E-state index in [-0.39, 0.29) is 6.61 Å². The Balaban J connectivity index is 2.06. The molecular formula is C13H15N3O2. The summed E-state index contributed by atoms with van der Waals surface area (Å²) in [5.41, 5.74) is 2.38. The molecule has 5 nitrogen and oxygen atoms in total. The van der Waals surface area contributed by atoms with Crippen molar-refractivity contribution in [2.45, 2.75) is 12.3 Å². The van der Waals surface area contributed by atoms with Gasteiger partial charge >= 0.3 is 0 Å². The van der Waals surface area contributed by atoms with Gasteiger partial charge in [-0.15, -0.1) is 0 Å². The van der Waals surface area contributed by atoms with Crippen LogP contribution in [0.2, 0.25) is 0 Å². The number of rotatable bonds is 3. The van der Waals surface area contributed by atoms with E-state index in [1.165, 1.54) is 0 Å². The van der Waals surface area contributed by atoms with Gasteiger partial charge in [-0.05, 0) is 19.1 Å². The second-order valence-electron chi connectivity index (χ2n) is 4.75. The molecule has 18 heavy (non-hydrogen) atoms. The van der Waals surface area contributed by atoms with Gasteiger partial charge in [-0.3, -0.25) is 0 Å². The van der Waals surface area contributed by atoms with Gasteiger partial charge in [0.1, 0.15) is 5.82 Å². The molecule has 0 aliphatic carbocycles. The summed E-state index contributed by atoms with van der Waals surface area (Å²) in [5.74, 6) is 0.674. The molecule has 1 fully saturated rings. The summed E-state index contributed by atoms with van der Waals surface area (Å²) in [6, 6.07) is 3.91. The van der Waals surface area contributed by atoms with Gasteiger partial charge in [0.2, 0.25) is 0 Å². The van der Waals surface area contributed by atoms with Gasteiger partial charge < -0.3 is 14.8 Å². The molecular weight excluding hydrogens is 230 g/mol. The number of aliphatic hydroxyl groups excluding tert-OH is 1. The Labute approximate surface area is 105 Å². The van der Waals surface area contributed by atoms with Gasteiger partial charge in [-0.2, -0.15) is 0 Å². The lowest BCUT2D eigenvalue weighted by Crippen LogP contribution is -2.51. The molecule has 0 radical (unpaired) electrons. The van der Waals surface area contributed by atoms with E-state index in [0.29, 0.717) is 19.0 Å². The molecule has 5 heteroatoms. The first kappa shape index (κ1) is 11.4. The third-order valence-corrected chi connectivity index (χ3v) is 3.28. The van der Waals surface area contributed by atoms with Crippen molar-refractivity contribution in [1.82, 2.24) is 15.0 Å². The maximum Gasteiger partial charge on any atom is 0.142 e. The topological polar surface area (TPSA) is 71.0 Å². The molecule has 2 aromatic rings. The number of ether oxygens (including phenoxy) is 1. The molecule has 0 amide bonds. The van der Waals surface area contributed by atoms with Crippen LogP contribution >= 0.6 is 0 Å². The van der Waals surface area contributed by atoms with E-state index in [9.17, 15) is 5.11 Å². The van der Waals surface area contributed by atoms with Crippen molar-refractivity contribution in [2.75, 3.05) is 19.8 Å². The minimum atomic E-state index is -0.420. The average Bonchev–Trinajstić information content (AvgIpc) is 2.81. The highest BCUT2D eigenvalue weighted by Crippen LogP contribution is 2.31. The highest BCUT2D eigenvalue weighted by atomic mass is 16.5. The summed E-state index contributed by atoms with van der Waals surface area (Å²) in [6.07, 6.45) is 3.76. The highest BCUT2D eigenvalue weighted by molar-refractivity contribution is 5.58. The van der Waals surface area contributed by atoms with Crippen LogP contribution in [-0.4, -0.2) is 39.9 Å². The molecule has 3 rings (SSSR count). The van der Waals surface area contributed by atoms with Crippen molar-refractivity contribution in [3.05, 3.63) is 36.0 Å². The van der Waals surface area contributed by atoms with E-state index < -0.39 is 5.41 Å². The number of H-pyrrole nitrogens is 1. The number of aromatic nitrogens is 3. The molecule has 94 valence electrons. The van der Waals surface area contributed by atoms with Gasteiger partial charge in [0.25, 0.3) is 0 Å². The van der Waals surface area contributed by atoms with Gasteiger partial charge in [0, 0.05) is 23.7 Å². The SMILES string of the molecule is Cc1cc(-c2cc[nH]c2)nc(C2(CO)COC2)n1. The minimum absolute atomic E-state index is 0.0169. The molecule has 1 saturated heterocycles. The monoisotopic (exact) mass is 245 g/mol. The van der Waals surface area contributed by atoms with E-state index in [1.807, 2.05) is 31.5 Å². The molecule has 0 atom stereocenters. The van der Waals surface area contributed by atoms with E-state index in [0.717, 1.165) is 17.0 Å². The summed E-state index contributed by atoms with van der Waals surface area (Å²) in [6.45, 7) is 2.92. The predicted octanol–water partition coefficient (Wildman–Crippen LogP) is 1.04. The largest absolute Gasteiger partial charge is 0.395 e. The van der Waals surface area contributed by atoms with Gasteiger partial charge in [0.15, 0.2) is 0 Å². The summed E-state index contributed by atoms with van der Waals surface area (Å²) in [7, 11) is 0. The van der Waals surface area contributed by atoms with E-state index in [1.54, 1.807) is 0 Å². The molecule has 3 heterocycles. The predicted molar refractivity (Wildman–Crippen MR) is 66.1 cm³/mol. The standard InChI is InChI=1S/C13H15N3O2/c1-9-4-11(10-2-3-14-5-10)16-12(15-9)13(6-17)7-18-8-13/h2-5,14,17H,6-8H2,1H3. The van der Waals surface area contributed by atoms with E-state index in [4.69, 9.17) is 4.74 Å². The number of hydrogen-bond acceptors (Lipinski definition) is 4. The quantitative estimate of drug-likeness (QED) is 0.847. The van der Waals surface area contributed by atoms with Crippen LogP contribution in [0.15, 0.2) is 24.5 Å². The lowest BCUT2D eigenvalue weighted by Gasteiger charge is -2.38.